The standard InChI is InChI=1S/C17H21NO6S/c1-12-6-9-18(10-7-12)25(21,22)14-4-2-13(3-5-14)16(19)24-15-8-11-23-17(15)20/h2-5,12,15H,6-11H2,1H3. The zero-order valence-corrected chi connectivity index (χ0v) is 14.8. The molecule has 2 heterocycles. The van der Waals surface area contributed by atoms with E-state index in [1.807, 2.05) is 0 Å². The fourth-order valence-electron chi connectivity index (χ4n) is 2.92. The molecule has 1 unspecified atom stereocenters. The maximum Gasteiger partial charge on any atom is 0.347 e. The summed E-state index contributed by atoms with van der Waals surface area (Å²) in [4.78, 5) is 23.5. The number of esters is 2. The summed E-state index contributed by atoms with van der Waals surface area (Å²) < 4.78 is 36.6. The number of ether oxygens (including phenoxy) is 2. The molecule has 0 amide bonds. The van der Waals surface area contributed by atoms with Crippen molar-refractivity contribution in [2.75, 3.05) is 19.7 Å². The van der Waals surface area contributed by atoms with Gasteiger partial charge in [-0.1, -0.05) is 6.92 Å². The average molecular weight is 367 g/mol. The molecule has 0 bridgehead atoms. The minimum absolute atomic E-state index is 0.152. The Bertz CT molecular complexity index is 750. The first-order valence-electron chi connectivity index (χ1n) is 8.36. The van der Waals surface area contributed by atoms with Gasteiger partial charge in [0.15, 0.2) is 0 Å². The first-order chi connectivity index (χ1) is 11.9. The second kappa shape index (κ2) is 7.13. The number of carbonyl (C=O) groups is 2. The molecule has 2 fully saturated rings. The van der Waals surface area contributed by atoms with Crippen LogP contribution in [0.15, 0.2) is 29.2 Å². The van der Waals surface area contributed by atoms with Crippen LogP contribution in [0.4, 0.5) is 0 Å². The number of carbonyl (C=O) groups excluding carboxylic acids is 2. The molecule has 2 aliphatic heterocycles. The smallest absolute Gasteiger partial charge is 0.347 e. The van der Waals surface area contributed by atoms with E-state index in [1.54, 1.807) is 0 Å². The highest BCUT2D eigenvalue weighted by molar-refractivity contribution is 7.89. The van der Waals surface area contributed by atoms with Crippen molar-refractivity contribution in [3.63, 3.8) is 0 Å². The van der Waals surface area contributed by atoms with Crippen molar-refractivity contribution in [3.05, 3.63) is 29.8 Å². The van der Waals surface area contributed by atoms with Gasteiger partial charge in [0.05, 0.1) is 17.1 Å². The van der Waals surface area contributed by atoms with Gasteiger partial charge in [0, 0.05) is 19.5 Å². The van der Waals surface area contributed by atoms with Crippen LogP contribution in [0, 0.1) is 5.92 Å². The molecular formula is C17H21NO6S. The Labute approximate surface area is 147 Å². The Hall–Kier alpha value is -1.93. The minimum atomic E-state index is -3.55. The quantitative estimate of drug-likeness (QED) is 0.751. The topological polar surface area (TPSA) is 90.0 Å². The van der Waals surface area contributed by atoms with Crippen molar-refractivity contribution >= 4 is 22.0 Å². The fraction of sp³-hybridized carbons (Fsp3) is 0.529. The largest absolute Gasteiger partial charge is 0.463 e. The molecule has 25 heavy (non-hydrogen) atoms. The van der Waals surface area contributed by atoms with Crippen LogP contribution in [0.2, 0.25) is 0 Å². The van der Waals surface area contributed by atoms with Gasteiger partial charge < -0.3 is 9.47 Å². The molecule has 1 aromatic carbocycles. The molecule has 8 heteroatoms. The van der Waals surface area contributed by atoms with Crippen LogP contribution < -0.4 is 0 Å². The maximum absolute atomic E-state index is 12.6. The van der Waals surface area contributed by atoms with Crippen molar-refractivity contribution in [3.8, 4) is 0 Å². The molecule has 1 atom stereocenters. The third-order valence-corrected chi connectivity index (χ3v) is 6.52. The highest BCUT2D eigenvalue weighted by atomic mass is 32.2. The summed E-state index contributed by atoms with van der Waals surface area (Å²) in [6.45, 7) is 3.38. The fourth-order valence-corrected chi connectivity index (χ4v) is 4.39. The Morgan fingerprint density at radius 3 is 2.36 bits per heavy atom. The Balaban J connectivity index is 1.69. The molecule has 0 N–H and O–H groups in total. The first-order valence-corrected chi connectivity index (χ1v) is 9.80. The van der Waals surface area contributed by atoms with Gasteiger partial charge in [-0.2, -0.15) is 4.31 Å². The zero-order valence-electron chi connectivity index (χ0n) is 14.0. The molecule has 3 rings (SSSR count). The van der Waals surface area contributed by atoms with Crippen LogP contribution in [0.25, 0.3) is 0 Å². The molecule has 0 aliphatic carbocycles. The van der Waals surface area contributed by atoms with Crippen molar-refractivity contribution in [2.45, 2.75) is 37.2 Å². The van der Waals surface area contributed by atoms with Crippen LogP contribution in [-0.4, -0.2) is 50.5 Å². The van der Waals surface area contributed by atoms with Gasteiger partial charge >= 0.3 is 11.9 Å². The van der Waals surface area contributed by atoms with Gasteiger partial charge in [-0.25, -0.2) is 18.0 Å². The second-order valence-corrected chi connectivity index (χ2v) is 8.40. The lowest BCUT2D eigenvalue weighted by molar-refractivity contribution is -0.145. The molecule has 7 nitrogen and oxygen atoms in total. The van der Waals surface area contributed by atoms with E-state index in [0.717, 1.165) is 12.8 Å². The van der Waals surface area contributed by atoms with Crippen LogP contribution in [0.1, 0.15) is 36.5 Å². The molecule has 2 saturated heterocycles. The summed E-state index contributed by atoms with van der Waals surface area (Å²) in [5.41, 5.74) is 0.200. The normalized spacial score (nSPS) is 22.6. The van der Waals surface area contributed by atoms with Crippen molar-refractivity contribution < 1.29 is 27.5 Å². The molecule has 0 radical (unpaired) electrons. The zero-order chi connectivity index (χ0) is 18.0. The summed E-state index contributed by atoms with van der Waals surface area (Å²) >= 11 is 0. The van der Waals surface area contributed by atoms with Gasteiger partial charge in [-0.15, -0.1) is 0 Å². The molecule has 0 saturated carbocycles. The van der Waals surface area contributed by atoms with Gasteiger partial charge in [-0.3, -0.25) is 0 Å². The predicted octanol–water partition coefficient (Wildman–Crippen LogP) is 1.58. The van der Waals surface area contributed by atoms with Gasteiger partial charge in [0.25, 0.3) is 0 Å². The maximum atomic E-state index is 12.6. The van der Waals surface area contributed by atoms with E-state index in [2.05, 4.69) is 6.92 Å². The number of sulfonamides is 1. The van der Waals surface area contributed by atoms with E-state index in [9.17, 15) is 18.0 Å². The Kier molecular flexibility index (Phi) is 5.10. The second-order valence-electron chi connectivity index (χ2n) is 6.46. The predicted molar refractivity (Wildman–Crippen MR) is 88.4 cm³/mol. The molecule has 2 aliphatic rings. The van der Waals surface area contributed by atoms with E-state index >= 15 is 0 Å². The average Bonchev–Trinajstić information content (AvgIpc) is 3.00. The lowest BCUT2D eigenvalue weighted by Gasteiger charge is -2.29. The molecule has 136 valence electrons. The molecule has 0 aromatic heterocycles. The highest BCUT2D eigenvalue weighted by Gasteiger charge is 2.31. The number of benzene rings is 1. The van der Waals surface area contributed by atoms with Gasteiger partial charge in [0.1, 0.15) is 0 Å². The summed E-state index contributed by atoms with van der Waals surface area (Å²) in [5, 5.41) is 0. The van der Waals surface area contributed by atoms with Crippen LogP contribution >= 0.6 is 0 Å². The number of hydrogen-bond acceptors (Lipinski definition) is 6. The van der Waals surface area contributed by atoms with Crippen molar-refractivity contribution in [1.29, 1.82) is 0 Å². The number of cyclic esters (lactones) is 1. The van der Waals surface area contributed by atoms with Crippen LogP contribution in [-0.2, 0) is 24.3 Å². The number of hydrogen-bond donors (Lipinski definition) is 0. The molecule has 1 aromatic rings. The van der Waals surface area contributed by atoms with Gasteiger partial charge in [-0.05, 0) is 43.0 Å². The molecule has 0 spiro atoms. The monoisotopic (exact) mass is 367 g/mol. The van der Waals surface area contributed by atoms with Gasteiger partial charge in [0.2, 0.25) is 16.1 Å². The number of nitrogens with zero attached hydrogens (tertiary/aromatic N) is 1. The lowest BCUT2D eigenvalue weighted by atomic mass is 10.0. The lowest BCUT2D eigenvalue weighted by Crippen LogP contribution is -2.37. The number of rotatable bonds is 4. The highest BCUT2D eigenvalue weighted by Crippen LogP contribution is 2.24. The van der Waals surface area contributed by atoms with E-state index in [-0.39, 0.29) is 17.1 Å². The third-order valence-electron chi connectivity index (χ3n) is 4.61. The van der Waals surface area contributed by atoms with Crippen molar-refractivity contribution in [1.82, 2.24) is 4.31 Å². The summed E-state index contributed by atoms with van der Waals surface area (Å²) in [7, 11) is -3.55. The van der Waals surface area contributed by atoms with Crippen molar-refractivity contribution in [2.24, 2.45) is 5.92 Å². The first kappa shape index (κ1) is 17.9. The van der Waals surface area contributed by atoms with Crippen LogP contribution in [0.3, 0.4) is 0 Å². The summed E-state index contributed by atoms with van der Waals surface area (Å²) in [6, 6.07) is 5.61. The van der Waals surface area contributed by atoms with E-state index < -0.39 is 28.1 Å². The Morgan fingerprint density at radius 1 is 1.16 bits per heavy atom. The molecular weight excluding hydrogens is 346 g/mol. The third kappa shape index (κ3) is 3.85. The number of piperidine rings is 1. The van der Waals surface area contributed by atoms with E-state index in [4.69, 9.17) is 9.47 Å². The minimum Gasteiger partial charge on any atom is -0.463 e. The summed E-state index contributed by atoms with van der Waals surface area (Å²) in [6.07, 6.45) is 1.15. The van der Waals surface area contributed by atoms with E-state index in [1.165, 1.54) is 28.6 Å². The summed E-state index contributed by atoms with van der Waals surface area (Å²) in [5.74, 6) is -0.683. The van der Waals surface area contributed by atoms with E-state index in [0.29, 0.717) is 25.4 Å². The Morgan fingerprint density at radius 2 is 1.80 bits per heavy atom. The SMILES string of the molecule is CC1CCN(S(=O)(=O)c2ccc(C(=O)OC3CCOC3=O)cc2)CC1. The van der Waals surface area contributed by atoms with Crippen LogP contribution in [0.5, 0.6) is 0 Å².